The molecule has 0 aliphatic rings. The molecule has 0 saturated carbocycles. The number of rotatable bonds is 3. The Morgan fingerprint density at radius 2 is 2.00 bits per heavy atom. The van der Waals surface area contributed by atoms with E-state index in [4.69, 9.17) is 16.6 Å². The van der Waals surface area contributed by atoms with Gasteiger partial charge in [0, 0.05) is 11.0 Å². The molecule has 70 valence electrons. The first-order valence-corrected chi connectivity index (χ1v) is 3.77. The monoisotopic (exact) mass is 172 g/mol. The number of quaternary nitrogens is 1. The van der Waals surface area contributed by atoms with Crippen LogP contribution in [0.5, 0.6) is 0 Å². The fraction of sp³-hybridized carbons (Fsp3) is 0.500. The highest BCUT2D eigenvalue weighted by Crippen LogP contribution is 2.25. The molecule has 0 aromatic carbocycles. The molecular formula is C8H18N3O+. The van der Waals surface area contributed by atoms with Crippen LogP contribution in [0.1, 0.15) is 13.8 Å². The molecule has 0 heterocycles. The van der Waals surface area contributed by atoms with Crippen LogP contribution >= 0.6 is 0 Å². The van der Waals surface area contributed by atoms with Crippen LogP contribution < -0.4 is 17.2 Å². The molecule has 0 aromatic heterocycles. The molecule has 8 N–H and O–H groups in total. The molecule has 0 radical (unpaired) electrons. The molecule has 0 bridgehead atoms. The van der Waals surface area contributed by atoms with E-state index in [1.54, 1.807) is 12.3 Å². The minimum atomic E-state index is -0.342. The van der Waals surface area contributed by atoms with Crippen LogP contribution in [0.4, 0.5) is 0 Å². The fourth-order valence-electron chi connectivity index (χ4n) is 0.801. The van der Waals surface area contributed by atoms with Crippen LogP contribution in [-0.4, -0.2) is 11.7 Å². The van der Waals surface area contributed by atoms with Crippen molar-refractivity contribution in [2.45, 2.75) is 13.8 Å². The Kier molecular flexibility index (Phi) is 3.79. The molecule has 0 aromatic rings. The van der Waals surface area contributed by atoms with Gasteiger partial charge in [0.2, 0.25) is 0 Å². The quantitative estimate of drug-likeness (QED) is 0.406. The summed E-state index contributed by atoms with van der Waals surface area (Å²) in [4.78, 5) is 0. The number of nitrogens with two attached hydrogens (primary N) is 2. The SMILES string of the molecule is CC(C)(CO)C(C=C(N)N)=C[NH3+]. The molecular weight excluding hydrogens is 154 g/mol. The predicted molar refractivity (Wildman–Crippen MR) is 48.3 cm³/mol. The van der Waals surface area contributed by atoms with Gasteiger partial charge in [-0.25, -0.2) is 0 Å². The van der Waals surface area contributed by atoms with E-state index in [1.807, 2.05) is 13.8 Å². The van der Waals surface area contributed by atoms with Gasteiger partial charge in [-0.1, -0.05) is 13.8 Å². The van der Waals surface area contributed by atoms with Gasteiger partial charge in [-0.2, -0.15) is 0 Å². The minimum Gasteiger partial charge on any atom is -0.395 e. The van der Waals surface area contributed by atoms with Crippen LogP contribution in [0.3, 0.4) is 0 Å². The summed E-state index contributed by atoms with van der Waals surface area (Å²) in [5, 5.41) is 9.03. The first kappa shape index (κ1) is 11.0. The van der Waals surface area contributed by atoms with E-state index >= 15 is 0 Å². The van der Waals surface area contributed by atoms with E-state index < -0.39 is 0 Å². The van der Waals surface area contributed by atoms with E-state index in [1.165, 1.54) is 0 Å². The van der Waals surface area contributed by atoms with Crippen molar-refractivity contribution >= 4 is 0 Å². The standard InChI is InChI=1S/C8H17N3O/c1-8(2,5-12)6(4-9)3-7(10)11/h3-4,12H,5,9-11H2,1-2H3/p+1. The van der Waals surface area contributed by atoms with Crippen LogP contribution in [0.15, 0.2) is 23.7 Å². The highest BCUT2D eigenvalue weighted by atomic mass is 16.3. The summed E-state index contributed by atoms with van der Waals surface area (Å²) in [5.74, 6) is 0.228. The third-order valence-corrected chi connectivity index (χ3v) is 1.72. The maximum absolute atomic E-state index is 9.03. The zero-order chi connectivity index (χ0) is 9.78. The van der Waals surface area contributed by atoms with Gasteiger partial charge < -0.3 is 22.3 Å². The molecule has 12 heavy (non-hydrogen) atoms. The van der Waals surface area contributed by atoms with Gasteiger partial charge in [0.15, 0.2) is 0 Å². The maximum Gasteiger partial charge on any atom is 0.0949 e. The highest BCUT2D eigenvalue weighted by Gasteiger charge is 2.21. The van der Waals surface area contributed by atoms with Crippen LogP contribution in [0, 0.1) is 5.41 Å². The van der Waals surface area contributed by atoms with Crippen molar-refractivity contribution < 1.29 is 10.8 Å². The second-order valence-electron chi connectivity index (χ2n) is 3.35. The lowest BCUT2D eigenvalue weighted by Gasteiger charge is -2.21. The summed E-state index contributed by atoms with van der Waals surface area (Å²) in [6, 6.07) is 0. The molecule has 4 heteroatoms. The first-order chi connectivity index (χ1) is 5.44. The van der Waals surface area contributed by atoms with E-state index in [9.17, 15) is 0 Å². The molecule has 0 spiro atoms. The van der Waals surface area contributed by atoms with Crippen molar-refractivity contribution in [1.29, 1.82) is 0 Å². The molecule has 0 aliphatic heterocycles. The van der Waals surface area contributed by atoms with E-state index in [0.29, 0.717) is 0 Å². The Morgan fingerprint density at radius 1 is 1.50 bits per heavy atom. The molecule has 4 nitrogen and oxygen atoms in total. The van der Waals surface area contributed by atoms with Crippen molar-refractivity contribution in [3.05, 3.63) is 23.7 Å². The second kappa shape index (κ2) is 4.13. The Bertz CT molecular complexity index is 202. The molecule has 0 fully saturated rings. The lowest BCUT2D eigenvalue weighted by atomic mass is 9.85. The summed E-state index contributed by atoms with van der Waals surface area (Å²) < 4.78 is 0. The number of aliphatic hydroxyl groups excluding tert-OH is 1. The predicted octanol–water partition coefficient (Wildman–Crippen LogP) is -1.11. The maximum atomic E-state index is 9.03. The van der Waals surface area contributed by atoms with Crippen molar-refractivity contribution in [2.24, 2.45) is 16.9 Å². The number of allylic oxidation sites excluding steroid dienone is 1. The van der Waals surface area contributed by atoms with Crippen molar-refractivity contribution in [2.75, 3.05) is 6.61 Å². The molecule has 0 atom stereocenters. The lowest BCUT2D eigenvalue weighted by molar-refractivity contribution is -0.277. The number of aliphatic hydroxyl groups is 1. The van der Waals surface area contributed by atoms with E-state index in [0.717, 1.165) is 5.57 Å². The summed E-state index contributed by atoms with van der Waals surface area (Å²) >= 11 is 0. The lowest BCUT2D eigenvalue weighted by Crippen LogP contribution is -2.42. The highest BCUT2D eigenvalue weighted by molar-refractivity contribution is 5.25. The average Bonchev–Trinajstić information content (AvgIpc) is 1.99. The topological polar surface area (TPSA) is 99.9 Å². The second-order valence-corrected chi connectivity index (χ2v) is 3.35. The van der Waals surface area contributed by atoms with Gasteiger partial charge in [0.05, 0.1) is 18.6 Å². The van der Waals surface area contributed by atoms with Crippen LogP contribution in [-0.2, 0) is 0 Å². The van der Waals surface area contributed by atoms with Gasteiger partial charge in [0.25, 0.3) is 0 Å². The van der Waals surface area contributed by atoms with Gasteiger partial charge in [-0.05, 0) is 6.08 Å². The summed E-state index contributed by atoms with van der Waals surface area (Å²) in [7, 11) is 0. The van der Waals surface area contributed by atoms with Gasteiger partial charge >= 0.3 is 0 Å². The van der Waals surface area contributed by atoms with Crippen molar-refractivity contribution in [3.63, 3.8) is 0 Å². The van der Waals surface area contributed by atoms with Gasteiger partial charge in [0.1, 0.15) is 0 Å². The molecule has 0 aliphatic carbocycles. The Balaban J connectivity index is 4.71. The number of hydrogen-bond acceptors (Lipinski definition) is 3. The molecule has 0 rings (SSSR count). The Labute approximate surface area is 72.7 Å². The smallest absolute Gasteiger partial charge is 0.0949 e. The molecule has 0 saturated heterocycles. The zero-order valence-corrected chi connectivity index (χ0v) is 7.67. The Morgan fingerprint density at radius 3 is 2.25 bits per heavy atom. The summed E-state index contributed by atoms with van der Waals surface area (Å²) in [5.41, 5.74) is 14.7. The Hall–Kier alpha value is -1.00. The minimum absolute atomic E-state index is 0.0398. The summed E-state index contributed by atoms with van der Waals surface area (Å²) in [6.07, 6.45) is 3.26. The third-order valence-electron chi connectivity index (χ3n) is 1.72. The van der Waals surface area contributed by atoms with E-state index in [2.05, 4.69) is 5.73 Å². The fourth-order valence-corrected chi connectivity index (χ4v) is 0.801. The average molecular weight is 172 g/mol. The van der Waals surface area contributed by atoms with Gasteiger partial charge in [-0.15, -0.1) is 0 Å². The third kappa shape index (κ3) is 2.94. The van der Waals surface area contributed by atoms with Crippen molar-refractivity contribution in [3.8, 4) is 0 Å². The number of hydrogen-bond donors (Lipinski definition) is 4. The van der Waals surface area contributed by atoms with Crippen molar-refractivity contribution in [1.82, 2.24) is 0 Å². The van der Waals surface area contributed by atoms with Crippen LogP contribution in [0.2, 0.25) is 0 Å². The van der Waals surface area contributed by atoms with Crippen LogP contribution in [0.25, 0.3) is 0 Å². The normalized spacial score (nSPS) is 12.8. The molecule has 0 unspecified atom stereocenters. The largest absolute Gasteiger partial charge is 0.395 e. The van der Waals surface area contributed by atoms with E-state index in [-0.39, 0.29) is 17.8 Å². The zero-order valence-electron chi connectivity index (χ0n) is 7.67. The molecule has 0 amide bonds. The summed E-state index contributed by atoms with van der Waals surface area (Å²) in [6.45, 7) is 3.82. The first-order valence-electron chi connectivity index (χ1n) is 3.77. The van der Waals surface area contributed by atoms with Gasteiger partial charge in [-0.3, -0.25) is 0 Å².